The molecule has 7 nitrogen and oxygen atoms in total. The maximum Gasteiger partial charge on any atom is 0.417 e. The van der Waals surface area contributed by atoms with E-state index in [0.29, 0.717) is 16.4 Å². The Morgan fingerprint density at radius 3 is 2.21 bits per heavy atom. The highest BCUT2D eigenvalue weighted by Gasteiger charge is 2.42. The van der Waals surface area contributed by atoms with Gasteiger partial charge in [-0.3, -0.25) is 4.40 Å². The molecule has 0 unspecified atom stereocenters. The number of dihydropyridines is 1. The SMILES string of the molecule is COC(=O)C1=C(C)NC(C)=C(C(=O)OC)C1c1c(-c2ccccc2C(F)(F)F)nc2sccn12. The van der Waals surface area contributed by atoms with Crippen molar-refractivity contribution < 1.29 is 32.2 Å². The number of ether oxygens (including phenoxy) is 2. The van der Waals surface area contributed by atoms with Crippen LogP contribution >= 0.6 is 11.3 Å². The van der Waals surface area contributed by atoms with Crippen LogP contribution in [-0.2, 0) is 25.2 Å². The quantitative estimate of drug-likeness (QED) is 0.535. The number of halogens is 3. The molecule has 3 aromatic rings. The monoisotopic (exact) mass is 491 g/mol. The minimum atomic E-state index is -4.65. The van der Waals surface area contributed by atoms with Gasteiger partial charge in [-0.05, 0) is 19.9 Å². The molecule has 178 valence electrons. The lowest BCUT2D eigenvalue weighted by Gasteiger charge is -2.30. The summed E-state index contributed by atoms with van der Waals surface area (Å²) in [5.74, 6) is -2.56. The molecule has 0 saturated heterocycles. The van der Waals surface area contributed by atoms with Crippen molar-refractivity contribution in [1.29, 1.82) is 0 Å². The Labute approximate surface area is 196 Å². The largest absolute Gasteiger partial charge is 0.466 e. The molecular weight excluding hydrogens is 471 g/mol. The van der Waals surface area contributed by atoms with Crippen molar-refractivity contribution in [3.8, 4) is 11.3 Å². The number of fused-ring (bicyclic) bond motifs is 1. The number of carbonyl (C=O) groups is 2. The van der Waals surface area contributed by atoms with Gasteiger partial charge in [-0.25, -0.2) is 14.6 Å². The predicted octanol–water partition coefficient (Wildman–Crippen LogP) is 4.66. The minimum absolute atomic E-state index is 0.00933. The first-order valence-electron chi connectivity index (χ1n) is 10.1. The summed E-state index contributed by atoms with van der Waals surface area (Å²) in [7, 11) is 2.39. The van der Waals surface area contributed by atoms with Crippen molar-refractivity contribution in [2.24, 2.45) is 0 Å². The van der Waals surface area contributed by atoms with Gasteiger partial charge in [-0.1, -0.05) is 18.2 Å². The van der Waals surface area contributed by atoms with Crippen molar-refractivity contribution in [3.63, 3.8) is 0 Å². The number of methoxy groups -OCH3 is 2. The average molecular weight is 491 g/mol. The molecule has 4 rings (SSSR count). The van der Waals surface area contributed by atoms with Crippen molar-refractivity contribution >= 4 is 28.2 Å². The number of thiazole rings is 1. The van der Waals surface area contributed by atoms with E-state index in [0.717, 1.165) is 6.07 Å². The number of nitrogens with zero attached hydrogens (tertiary/aromatic N) is 2. The van der Waals surface area contributed by atoms with Crippen LogP contribution in [0.15, 0.2) is 58.4 Å². The molecule has 3 heterocycles. The summed E-state index contributed by atoms with van der Waals surface area (Å²) in [5.41, 5.74) is 0.160. The fourth-order valence-electron chi connectivity index (χ4n) is 4.24. The molecule has 1 aliphatic rings. The van der Waals surface area contributed by atoms with E-state index < -0.39 is 29.6 Å². The van der Waals surface area contributed by atoms with E-state index in [1.807, 2.05) is 0 Å². The highest BCUT2D eigenvalue weighted by atomic mass is 32.1. The van der Waals surface area contributed by atoms with Gasteiger partial charge in [0.25, 0.3) is 0 Å². The van der Waals surface area contributed by atoms with Gasteiger partial charge in [0.05, 0.1) is 48.2 Å². The molecule has 0 bridgehead atoms. The molecule has 0 amide bonds. The molecule has 1 aromatic carbocycles. The van der Waals surface area contributed by atoms with E-state index in [1.54, 1.807) is 29.8 Å². The van der Waals surface area contributed by atoms with Crippen LogP contribution < -0.4 is 5.32 Å². The molecule has 34 heavy (non-hydrogen) atoms. The van der Waals surface area contributed by atoms with E-state index in [4.69, 9.17) is 9.47 Å². The number of benzene rings is 1. The molecule has 11 heteroatoms. The Bertz CT molecular complexity index is 1330. The van der Waals surface area contributed by atoms with Gasteiger partial charge in [0.15, 0.2) is 4.96 Å². The van der Waals surface area contributed by atoms with E-state index in [-0.39, 0.29) is 28.1 Å². The molecular formula is C23H20F3N3O4S. The standard InChI is InChI=1S/C23H20F3N3O4S/c1-11-15(20(30)32-3)17(16(12(2)27-11)21(31)33-4)19-18(28-22-29(19)9-10-34-22)13-7-5-6-8-14(13)23(24,25)26/h5-10,17,27H,1-4H3. The van der Waals surface area contributed by atoms with Gasteiger partial charge < -0.3 is 14.8 Å². The Morgan fingerprint density at radius 1 is 1.06 bits per heavy atom. The summed E-state index contributed by atoms with van der Waals surface area (Å²) in [6.45, 7) is 3.26. The number of esters is 2. The molecule has 0 spiro atoms. The lowest BCUT2D eigenvalue weighted by molar-refractivity contribution is -0.138. The summed E-state index contributed by atoms with van der Waals surface area (Å²) in [5, 5.41) is 4.71. The second-order valence-electron chi connectivity index (χ2n) is 7.56. The van der Waals surface area contributed by atoms with Gasteiger partial charge in [-0.2, -0.15) is 13.2 Å². The third-order valence-electron chi connectivity index (χ3n) is 5.63. The lowest BCUT2D eigenvalue weighted by Crippen LogP contribution is -2.32. The average Bonchev–Trinajstić information content (AvgIpc) is 3.38. The Kier molecular flexibility index (Phi) is 5.98. The van der Waals surface area contributed by atoms with Crippen LogP contribution in [0.25, 0.3) is 16.2 Å². The maximum absolute atomic E-state index is 13.9. The third kappa shape index (κ3) is 3.75. The van der Waals surface area contributed by atoms with Gasteiger partial charge in [0.1, 0.15) is 0 Å². The second-order valence-corrected chi connectivity index (χ2v) is 8.44. The zero-order valence-corrected chi connectivity index (χ0v) is 19.4. The van der Waals surface area contributed by atoms with E-state index in [1.165, 1.54) is 43.8 Å². The molecule has 0 fully saturated rings. The molecule has 0 atom stereocenters. The predicted molar refractivity (Wildman–Crippen MR) is 119 cm³/mol. The Balaban J connectivity index is 2.12. The molecule has 0 aliphatic carbocycles. The highest BCUT2D eigenvalue weighted by molar-refractivity contribution is 7.15. The molecule has 0 radical (unpaired) electrons. The third-order valence-corrected chi connectivity index (χ3v) is 6.39. The summed E-state index contributed by atoms with van der Waals surface area (Å²) in [6.07, 6.45) is -3.01. The van der Waals surface area contributed by atoms with Crippen LogP contribution in [-0.4, -0.2) is 35.5 Å². The van der Waals surface area contributed by atoms with Crippen LogP contribution in [0, 0.1) is 0 Å². The van der Waals surface area contributed by atoms with Gasteiger partial charge in [0, 0.05) is 28.5 Å². The Morgan fingerprint density at radius 2 is 1.65 bits per heavy atom. The van der Waals surface area contributed by atoms with E-state index >= 15 is 0 Å². The number of carbonyl (C=O) groups excluding carboxylic acids is 2. The number of allylic oxidation sites excluding steroid dienone is 2. The van der Waals surface area contributed by atoms with Crippen LogP contribution in [0.1, 0.15) is 31.0 Å². The number of hydrogen-bond acceptors (Lipinski definition) is 7. The van der Waals surface area contributed by atoms with Crippen molar-refractivity contribution in [1.82, 2.24) is 14.7 Å². The number of rotatable bonds is 4. The number of nitrogens with one attached hydrogen (secondary N) is 1. The minimum Gasteiger partial charge on any atom is -0.466 e. The smallest absolute Gasteiger partial charge is 0.417 e. The summed E-state index contributed by atoms with van der Waals surface area (Å²) in [6, 6.07) is 5.07. The van der Waals surface area contributed by atoms with Gasteiger partial charge in [0.2, 0.25) is 0 Å². The zero-order chi connectivity index (χ0) is 24.8. The topological polar surface area (TPSA) is 81.9 Å². The highest BCUT2D eigenvalue weighted by Crippen LogP contribution is 2.46. The summed E-state index contributed by atoms with van der Waals surface area (Å²) < 4.78 is 53.3. The number of aromatic nitrogens is 2. The number of alkyl halides is 3. The molecule has 1 N–H and O–H groups in total. The first-order valence-corrected chi connectivity index (χ1v) is 10.9. The number of hydrogen-bond donors (Lipinski definition) is 1. The van der Waals surface area contributed by atoms with Crippen LogP contribution in [0.4, 0.5) is 13.2 Å². The van der Waals surface area contributed by atoms with Crippen LogP contribution in [0.5, 0.6) is 0 Å². The van der Waals surface area contributed by atoms with Crippen LogP contribution in [0.3, 0.4) is 0 Å². The van der Waals surface area contributed by atoms with Crippen LogP contribution in [0.2, 0.25) is 0 Å². The first kappa shape index (κ1) is 23.6. The van der Waals surface area contributed by atoms with Crippen molar-refractivity contribution in [2.45, 2.75) is 25.9 Å². The normalized spacial score (nSPS) is 15.0. The van der Waals surface area contributed by atoms with Gasteiger partial charge in [-0.15, -0.1) is 11.3 Å². The molecule has 1 aliphatic heterocycles. The number of imidazole rings is 1. The van der Waals surface area contributed by atoms with Gasteiger partial charge >= 0.3 is 18.1 Å². The summed E-state index contributed by atoms with van der Waals surface area (Å²) >= 11 is 1.22. The maximum atomic E-state index is 13.9. The zero-order valence-electron chi connectivity index (χ0n) is 18.6. The van der Waals surface area contributed by atoms with Crippen molar-refractivity contribution in [3.05, 3.63) is 69.6 Å². The second kappa shape index (κ2) is 8.64. The van der Waals surface area contributed by atoms with E-state index in [2.05, 4.69) is 10.3 Å². The fourth-order valence-corrected chi connectivity index (χ4v) is 4.96. The Hall–Kier alpha value is -3.60. The lowest BCUT2D eigenvalue weighted by atomic mass is 9.81. The molecule has 0 saturated carbocycles. The fraction of sp³-hybridized carbons (Fsp3) is 0.261. The van der Waals surface area contributed by atoms with E-state index in [9.17, 15) is 22.8 Å². The molecule has 2 aromatic heterocycles. The van der Waals surface area contributed by atoms with Crippen molar-refractivity contribution in [2.75, 3.05) is 14.2 Å². The summed E-state index contributed by atoms with van der Waals surface area (Å²) in [4.78, 5) is 30.7. The first-order chi connectivity index (χ1) is 16.1.